The molecule has 0 saturated heterocycles. The quantitative estimate of drug-likeness (QED) is 0.798. The Morgan fingerprint density at radius 2 is 1.55 bits per heavy atom. The van der Waals surface area contributed by atoms with Crippen LogP contribution in [0, 0.1) is 20.8 Å². The van der Waals surface area contributed by atoms with Gasteiger partial charge in [0.2, 0.25) is 0 Å². The van der Waals surface area contributed by atoms with E-state index in [2.05, 4.69) is 5.32 Å². The second kappa shape index (κ2) is 5.97. The van der Waals surface area contributed by atoms with Crippen LogP contribution in [-0.2, 0) is 0 Å². The molecule has 2 aromatic carbocycles. The van der Waals surface area contributed by atoms with Gasteiger partial charge in [-0.05, 0) is 49.6 Å². The SMILES string of the molecule is Cc1ccc(NC(CO)c2cc(C)c(O)c(C)c2)cc1. The van der Waals surface area contributed by atoms with E-state index in [1.165, 1.54) is 5.56 Å². The van der Waals surface area contributed by atoms with Gasteiger partial charge in [-0.1, -0.05) is 29.8 Å². The lowest BCUT2D eigenvalue weighted by atomic mass is 10.0. The first-order chi connectivity index (χ1) is 9.51. The zero-order valence-electron chi connectivity index (χ0n) is 12.1. The lowest BCUT2D eigenvalue weighted by Gasteiger charge is -2.20. The molecule has 20 heavy (non-hydrogen) atoms. The van der Waals surface area contributed by atoms with E-state index in [0.717, 1.165) is 22.4 Å². The van der Waals surface area contributed by atoms with Crippen molar-refractivity contribution in [2.75, 3.05) is 11.9 Å². The van der Waals surface area contributed by atoms with E-state index < -0.39 is 0 Å². The fraction of sp³-hybridized carbons (Fsp3) is 0.294. The van der Waals surface area contributed by atoms with E-state index in [-0.39, 0.29) is 12.6 Å². The molecule has 0 fully saturated rings. The Labute approximate surface area is 119 Å². The molecule has 0 bridgehead atoms. The second-order valence-corrected chi connectivity index (χ2v) is 5.25. The summed E-state index contributed by atoms with van der Waals surface area (Å²) in [5, 5.41) is 22.8. The van der Waals surface area contributed by atoms with Crippen LogP contribution in [0.15, 0.2) is 36.4 Å². The Morgan fingerprint density at radius 1 is 1.00 bits per heavy atom. The lowest BCUT2D eigenvalue weighted by Crippen LogP contribution is -2.15. The van der Waals surface area contributed by atoms with Crippen LogP contribution in [0.5, 0.6) is 5.75 Å². The summed E-state index contributed by atoms with van der Waals surface area (Å²) >= 11 is 0. The summed E-state index contributed by atoms with van der Waals surface area (Å²) in [4.78, 5) is 0. The van der Waals surface area contributed by atoms with Crippen LogP contribution in [-0.4, -0.2) is 16.8 Å². The number of hydrogen-bond acceptors (Lipinski definition) is 3. The standard InChI is InChI=1S/C17H21NO2/c1-11-4-6-15(7-5-11)18-16(10-19)14-8-12(2)17(20)13(3)9-14/h4-9,16,18-20H,10H2,1-3H3. The molecule has 0 aliphatic heterocycles. The zero-order valence-corrected chi connectivity index (χ0v) is 12.1. The van der Waals surface area contributed by atoms with Gasteiger partial charge in [0.05, 0.1) is 12.6 Å². The highest BCUT2D eigenvalue weighted by Crippen LogP contribution is 2.27. The molecule has 3 heteroatoms. The molecule has 0 aliphatic carbocycles. The van der Waals surface area contributed by atoms with Gasteiger partial charge in [-0.25, -0.2) is 0 Å². The maximum absolute atomic E-state index is 9.82. The summed E-state index contributed by atoms with van der Waals surface area (Å²) in [5.41, 5.74) is 4.79. The number of nitrogens with one attached hydrogen (secondary N) is 1. The number of phenols is 1. The highest BCUT2D eigenvalue weighted by atomic mass is 16.3. The molecule has 0 heterocycles. The van der Waals surface area contributed by atoms with Crippen molar-refractivity contribution in [3.63, 3.8) is 0 Å². The summed E-state index contributed by atoms with van der Waals surface area (Å²) in [6.07, 6.45) is 0. The number of aliphatic hydroxyl groups excluding tert-OH is 1. The summed E-state index contributed by atoms with van der Waals surface area (Å²) < 4.78 is 0. The van der Waals surface area contributed by atoms with E-state index in [0.29, 0.717) is 5.75 Å². The molecule has 0 aromatic heterocycles. The topological polar surface area (TPSA) is 52.5 Å². The van der Waals surface area contributed by atoms with Crippen molar-refractivity contribution >= 4 is 5.69 Å². The molecule has 1 unspecified atom stereocenters. The maximum atomic E-state index is 9.82. The van der Waals surface area contributed by atoms with Crippen LogP contribution >= 0.6 is 0 Å². The molecule has 106 valence electrons. The summed E-state index contributed by atoms with van der Waals surface area (Å²) in [5.74, 6) is 0.320. The third kappa shape index (κ3) is 3.11. The van der Waals surface area contributed by atoms with E-state index in [1.807, 2.05) is 57.2 Å². The molecule has 0 aliphatic rings. The van der Waals surface area contributed by atoms with Gasteiger partial charge in [-0.2, -0.15) is 0 Å². The first-order valence-corrected chi connectivity index (χ1v) is 6.75. The Morgan fingerprint density at radius 3 is 2.05 bits per heavy atom. The number of rotatable bonds is 4. The largest absolute Gasteiger partial charge is 0.507 e. The second-order valence-electron chi connectivity index (χ2n) is 5.25. The monoisotopic (exact) mass is 271 g/mol. The minimum absolute atomic E-state index is 0.00245. The van der Waals surface area contributed by atoms with Gasteiger partial charge in [0.1, 0.15) is 5.75 Å². The molecule has 1 atom stereocenters. The molecule has 3 N–H and O–H groups in total. The fourth-order valence-corrected chi connectivity index (χ4v) is 2.28. The molecule has 0 saturated carbocycles. The van der Waals surface area contributed by atoms with Gasteiger partial charge in [-0.15, -0.1) is 0 Å². The van der Waals surface area contributed by atoms with Gasteiger partial charge in [0.15, 0.2) is 0 Å². The molecule has 0 radical (unpaired) electrons. The minimum Gasteiger partial charge on any atom is -0.507 e. The summed E-state index contributed by atoms with van der Waals surface area (Å²) in [7, 11) is 0. The van der Waals surface area contributed by atoms with Gasteiger partial charge in [-0.3, -0.25) is 0 Å². The summed E-state index contributed by atoms with van der Waals surface area (Å²) in [6, 6.07) is 11.7. The third-order valence-corrected chi connectivity index (χ3v) is 3.49. The van der Waals surface area contributed by atoms with E-state index in [1.54, 1.807) is 0 Å². The normalized spacial score (nSPS) is 12.2. The van der Waals surface area contributed by atoms with Crippen LogP contribution in [0.4, 0.5) is 5.69 Å². The van der Waals surface area contributed by atoms with E-state index in [4.69, 9.17) is 0 Å². The van der Waals surface area contributed by atoms with Gasteiger partial charge >= 0.3 is 0 Å². The molecule has 3 nitrogen and oxygen atoms in total. The predicted molar refractivity (Wildman–Crippen MR) is 82.2 cm³/mol. The number of aliphatic hydroxyl groups is 1. The van der Waals surface area contributed by atoms with Gasteiger partial charge in [0, 0.05) is 5.69 Å². The van der Waals surface area contributed by atoms with Crippen molar-refractivity contribution in [3.8, 4) is 5.75 Å². The zero-order chi connectivity index (χ0) is 14.7. The molecular formula is C17H21NO2. The van der Waals surface area contributed by atoms with Crippen molar-refractivity contribution in [2.24, 2.45) is 0 Å². The number of anilines is 1. The van der Waals surface area contributed by atoms with Crippen LogP contribution in [0.25, 0.3) is 0 Å². The van der Waals surface area contributed by atoms with Crippen molar-refractivity contribution in [1.82, 2.24) is 0 Å². The van der Waals surface area contributed by atoms with Crippen LogP contribution in [0.1, 0.15) is 28.3 Å². The van der Waals surface area contributed by atoms with Crippen molar-refractivity contribution in [1.29, 1.82) is 0 Å². The van der Waals surface area contributed by atoms with E-state index >= 15 is 0 Å². The Kier molecular flexibility index (Phi) is 4.30. The van der Waals surface area contributed by atoms with Crippen molar-refractivity contribution < 1.29 is 10.2 Å². The lowest BCUT2D eigenvalue weighted by molar-refractivity contribution is 0.276. The molecule has 2 rings (SSSR count). The number of hydrogen-bond donors (Lipinski definition) is 3. The molecule has 2 aromatic rings. The molecule has 0 spiro atoms. The van der Waals surface area contributed by atoms with Gasteiger partial charge in [0.25, 0.3) is 0 Å². The third-order valence-electron chi connectivity index (χ3n) is 3.49. The average molecular weight is 271 g/mol. The summed E-state index contributed by atoms with van der Waals surface area (Å²) in [6.45, 7) is 5.77. The van der Waals surface area contributed by atoms with Crippen molar-refractivity contribution in [3.05, 3.63) is 58.7 Å². The Balaban J connectivity index is 2.26. The predicted octanol–water partition coefficient (Wildman–Crippen LogP) is 3.46. The van der Waals surface area contributed by atoms with Crippen molar-refractivity contribution in [2.45, 2.75) is 26.8 Å². The molecule has 0 amide bonds. The minimum atomic E-state index is -0.185. The number of benzene rings is 2. The Hall–Kier alpha value is -2.00. The number of aromatic hydroxyl groups is 1. The van der Waals surface area contributed by atoms with Crippen LogP contribution < -0.4 is 5.32 Å². The highest BCUT2D eigenvalue weighted by Gasteiger charge is 2.13. The van der Waals surface area contributed by atoms with Crippen LogP contribution in [0.2, 0.25) is 0 Å². The highest BCUT2D eigenvalue weighted by molar-refractivity contribution is 5.49. The number of aryl methyl sites for hydroxylation is 3. The number of phenolic OH excluding ortho intramolecular Hbond substituents is 1. The van der Waals surface area contributed by atoms with Crippen LogP contribution in [0.3, 0.4) is 0 Å². The maximum Gasteiger partial charge on any atom is 0.121 e. The Bertz CT molecular complexity index is 567. The average Bonchev–Trinajstić information content (AvgIpc) is 2.43. The first-order valence-electron chi connectivity index (χ1n) is 6.75. The first kappa shape index (κ1) is 14.4. The fourth-order valence-electron chi connectivity index (χ4n) is 2.28. The molecular weight excluding hydrogens is 250 g/mol. The smallest absolute Gasteiger partial charge is 0.121 e. The van der Waals surface area contributed by atoms with Gasteiger partial charge < -0.3 is 15.5 Å². The van der Waals surface area contributed by atoms with E-state index in [9.17, 15) is 10.2 Å².